The Hall–Kier alpha value is -3.73. The van der Waals surface area contributed by atoms with Crippen molar-refractivity contribution >= 4 is 29.4 Å². The van der Waals surface area contributed by atoms with Gasteiger partial charge in [0.05, 0.1) is 12.4 Å². The first kappa shape index (κ1) is 17.7. The number of quaternary nitrogens is 1. The van der Waals surface area contributed by atoms with Gasteiger partial charge in [-0.1, -0.05) is 4.59 Å². The highest BCUT2D eigenvalue weighted by atomic mass is 19.4. The van der Waals surface area contributed by atoms with E-state index in [-0.39, 0.29) is 21.9 Å². The van der Waals surface area contributed by atoms with E-state index in [1.165, 1.54) is 42.7 Å². The topological polar surface area (TPSA) is 91.2 Å². The number of halogens is 3. The summed E-state index contributed by atoms with van der Waals surface area (Å²) in [5.74, 6) is 0.375. The third-order valence-electron chi connectivity index (χ3n) is 3.89. The standard InChI is InChI=1S/C17H11F3N6O2/c18-17(19,20)28-13-4-1-11(2-5-13)23-16-24-14-10-21-7-8-26(14,25-16)12-3-6-15(27)22-9-12/h1-10H,(H-,22,23,25,27)/p+1. The number of amidine groups is 1. The fourth-order valence-corrected chi connectivity index (χ4v) is 2.69. The normalized spacial score (nSPS) is 20.4. The van der Waals surface area contributed by atoms with Gasteiger partial charge < -0.3 is 15.0 Å². The molecule has 0 aliphatic carbocycles. The summed E-state index contributed by atoms with van der Waals surface area (Å²) >= 11 is 0. The molecule has 0 bridgehead atoms. The van der Waals surface area contributed by atoms with E-state index in [1.807, 2.05) is 0 Å². The van der Waals surface area contributed by atoms with Gasteiger partial charge >= 0.3 is 6.36 Å². The molecule has 1 aromatic heterocycles. The number of ether oxygens (including phenoxy) is 1. The Balaban J connectivity index is 1.61. The van der Waals surface area contributed by atoms with Crippen molar-refractivity contribution in [3.8, 4) is 5.75 Å². The van der Waals surface area contributed by atoms with Crippen LogP contribution in [0, 0.1) is 0 Å². The monoisotopic (exact) mass is 389 g/mol. The van der Waals surface area contributed by atoms with E-state index in [4.69, 9.17) is 0 Å². The fraction of sp³-hybridized carbons (Fsp3) is 0.0588. The predicted octanol–water partition coefficient (Wildman–Crippen LogP) is 2.93. The third-order valence-corrected chi connectivity index (χ3v) is 3.89. The lowest BCUT2D eigenvalue weighted by molar-refractivity contribution is -0.274. The fourth-order valence-electron chi connectivity index (χ4n) is 2.69. The molecule has 0 saturated carbocycles. The maximum atomic E-state index is 12.3. The molecule has 4 rings (SSSR count). The largest absolute Gasteiger partial charge is 0.573 e. The van der Waals surface area contributed by atoms with Crippen molar-refractivity contribution < 1.29 is 17.9 Å². The van der Waals surface area contributed by atoms with Crippen LogP contribution in [0.3, 0.4) is 0 Å². The van der Waals surface area contributed by atoms with Crippen LogP contribution in [0.25, 0.3) is 0 Å². The van der Waals surface area contributed by atoms with Gasteiger partial charge in [0.25, 0.3) is 11.8 Å². The molecular formula is C17H12F3N6O2+. The van der Waals surface area contributed by atoms with Gasteiger partial charge in [0.2, 0.25) is 5.56 Å². The second-order valence-corrected chi connectivity index (χ2v) is 5.76. The number of H-pyrrole nitrogens is 1. The molecule has 142 valence electrons. The van der Waals surface area contributed by atoms with E-state index in [9.17, 15) is 18.0 Å². The van der Waals surface area contributed by atoms with Crippen molar-refractivity contribution in [3.05, 3.63) is 65.3 Å². The number of aliphatic imine (C=N–C) groups is 2. The highest BCUT2D eigenvalue weighted by molar-refractivity contribution is 6.38. The molecule has 2 aliphatic rings. The quantitative estimate of drug-likeness (QED) is 0.791. The number of rotatable bonds is 3. The first-order valence-electron chi connectivity index (χ1n) is 7.95. The van der Waals surface area contributed by atoms with Gasteiger partial charge in [-0.3, -0.25) is 9.79 Å². The molecule has 0 spiro atoms. The Labute approximate surface area is 155 Å². The van der Waals surface area contributed by atoms with E-state index >= 15 is 0 Å². The number of aromatic nitrogens is 1. The number of aromatic amines is 1. The number of alkyl halides is 3. The molecule has 0 fully saturated rings. The third kappa shape index (κ3) is 3.42. The Morgan fingerprint density at radius 1 is 1.11 bits per heavy atom. The van der Waals surface area contributed by atoms with Crippen molar-refractivity contribution in [1.29, 1.82) is 0 Å². The number of guanidine groups is 1. The van der Waals surface area contributed by atoms with Crippen LogP contribution in [0.2, 0.25) is 0 Å². The second kappa shape index (κ2) is 6.46. The van der Waals surface area contributed by atoms with E-state index in [1.54, 1.807) is 18.5 Å². The van der Waals surface area contributed by atoms with Gasteiger partial charge in [-0.25, -0.2) is 0 Å². The molecular weight excluding hydrogens is 377 g/mol. The van der Waals surface area contributed by atoms with Crippen LogP contribution < -0.4 is 20.2 Å². The lowest BCUT2D eigenvalue weighted by Gasteiger charge is -2.23. The molecule has 1 atom stereocenters. The first-order chi connectivity index (χ1) is 13.3. The zero-order valence-corrected chi connectivity index (χ0v) is 14.0. The Bertz CT molecular complexity index is 1060. The lowest BCUT2D eigenvalue weighted by atomic mass is 10.3. The van der Waals surface area contributed by atoms with Crippen molar-refractivity contribution in [2.45, 2.75) is 6.36 Å². The van der Waals surface area contributed by atoms with E-state index in [0.29, 0.717) is 17.2 Å². The van der Waals surface area contributed by atoms with Crippen LogP contribution in [0.4, 0.5) is 24.5 Å². The minimum absolute atomic E-state index is 0.141. The van der Waals surface area contributed by atoms with Crippen LogP contribution >= 0.6 is 0 Å². The summed E-state index contributed by atoms with van der Waals surface area (Å²) in [6.07, 6.45) is 1.54. The summed E-state index contributed by atoms with van der Waals surface area (Å²) in [6.45, 7) is 0. The van der Waals surface area contributed by atoms with Crippen LogP contribution in [0.1, 0.15) is 0 Å². The first-order valence-corrected chi connectivity index (χ1v) is 7.95. The average Bonchev–Trinajstić information content (AvgIpc) is 3.02. The van der Waals surface area contributed by atoms with Crippen LogP contribution in [-0.2, 0) is 0 Å². The molecule has 28 heavy (non-hydrogen) atoms. The number of pyridine rings is 1. The maximum absolute atomic E-state index is 12.3. The number of anilines is 1. The lowest BCUT2D eigenvalue weighted by Crippen LogP contribution is -2.44. The zero-order chi connectivity index (χ0) is 19.8. The van der Waals surface area contributed by atoms with Gasteiger partial charge in [0, 0.05) is 17.8 Å². The Kier molecular flexibility index (Phi) is 4.08. The molecule has 0 saturated heterocycles. The van der Waals surface area contributed by atoms with E-state index in [0.717, 1.165) is 0 Å². The Morgan fingerprint density at radius 3 is 2.57 bits per heavy atom. The van der Waals surface area contributed by atoms with E-state index < -0.39 is 6.36 Å². The zero-order valence-electron chi connectivity index (χ0n) is 14.0. The highest BCUT2D eigenvalue weighted by Crippen LogP contribution is 2.30. The van der Waals surface area contributed by atoms with Gasteiger partial charge in [-0.05, 0) is 29.4 Å². The van der Waals surface area contributed by atoms with Crippen LogP contribution in [-0.4, -0.2) is 29.4 Å². The predicted molar refractivity (Wildman–Crippen MR) is 98.1 cm³/mol. The molecule has 1 aromatic carbocycles. The summed E-state index contributed by atoms with van der Waals surface area (Å²) in [5, 5.41) is 7.48. The molecule has 2 aromatic rings. The average molecular weight is 389 g/mol. The molecule has 11 heteroatoms. The number of fused-ring (bicyclic) bond motifs is 1. The minimum Gasteiger partial charge on any atom is -0.406 e. The van der Waals surface area contributed by atoms with Gasteiger partial charge in [-0.2, -0.15) is 4.99 Å². The summed E-state index contributed by atoms with van der Waals surface area (Å²) in [7, 11) is 0. The van der Waals surface area contributed by atoms with E-state index in [2.05, 4.69) is 30.1 Å². The number of nitrogens with one attached hydrogen (secondary N) is 2. The number of hydrogen-bond acceptors (Lipinski definition) is 6. The summed E-state index contributed by atoms with van der Waals surface area (Å²) in [6, 6.07) is 8.18. The smallest absolute Gasteiger partial charge is 0.406 e. The number of benzene rings is 1. The summed E-state index contributed by atoms with van der Waals surface area (Å²) in [5.41, 5.74) is 0.849. The molecule has 2 aliphatic heterocycles. The van der Waals surface area contributed by atoms with Crippen molar-refractivity contribution in [3.63, 3.8) is 0 Å². The van der Waals surface area contributed by atoms with Gasteiger partial charge in [0.15, 0.2) is 11.9 Å². The molecule has 3 heterocycles. The molecule has 2 N–H and O–H groups in total. The van der Waals surface area contributed by atoms with Crippen molar-refractivity contribution in [1.82, 2.24) is 9.58 Å². The van der Waals surface area contributed by atoms with Crippen LogP contribution in [0.15, 0.2) is 74.9 Å². The molecule has 0 radical (unpaired) electrons. The second-order valence-electron chi connectivity index (χ2n) is 5.76. The molecule has 8 nitrogen and oxygen atoms in total. The van der Waals surface area contributed by atoms with Gasteiger partial charge in [0.1, 0.15) is 12.0 Å². The maximum Gasteiger partial charge on any atom is 0.573 e. The summed E-state index contributed by atoms with van der Waals surface area (Å²) in [4.78, 5) is 22.4. The van der Waals surface area contributed by atoms with Gasteiger partial charge in [-0.15, -0.1) is 13.2 Å². The SMILES string of the molecule is O=c1ccc([N+]23C=CN=CC2=NC(Nc2ccc(OC(F)(F)F)cc2)=N3)c[nH]1. The van der Waals surface area contributed by atoms with Crippen LogP contribution in [0.5, 0.6) is 5.75 Å². The number of hydrogen-bond donors (Lipinski definition) is 2. The molecule has 0 amide bonds. The highest BCUT2D eigenvalue weighted by Gasteiger charge is 2.43. The molecule has 1 unspecified atom stereocenters. The van der Waals surface area contributed by atoms with Crippen molar-refractivity contribution in [2.24, 2.45) is 15.1 Å². The summed E-state index contributed by atoms with van der Waals surface area (Å²) < 4.78 is 40.5. The number of nitrogens with zero attached hydrogens (tertiary/aromatic N) is 4. The Morgan fingerprint density at radius 2 is 1.89 bits per heavy atom. The van der Waals surface area contributed by atoms with Crippen molar-refractivity contribution in [2.75, 3.05) is 5.32 Å². The minimum atomic E-state index is -4.75.